The number of benzene rings is 2. The summed E-state index contributed by atoms with van der Waals surface area (Å²) >= 11 is 6.03. The summed E-state index contributed by atoms with van der Waals surface area (Å²) in [5.41, 5.74) is 7.68. The third-order valence-electron chi connectivity index (χ3n) is 4.14. The molecule has 1 aromatic heterocycles. The molecule has 0 aliphatic heterocycles. The van der Waals surface area contributed by atoms with E-state index in [-0.39, 0.29) is 12.3 Å². The molecule has 7 heteroatoms. The number of hydrogen-bond donors (Lipinski definition) is 2. The molecule has 1 heterocycles. The zero-order valence-corrected chi connectivity index (χ0v) is 15.3. The summed E-state index contributed by atoms with van der Waals surface area (Å²) in [6.07, 6.45) is 0.0824. The topological polar surface area (TPSA) is 76.0 Å². The van der Waals surface area contributed by atoms with Crippen LogP contribution in [0.4, 0.5) is 0 Å². The van der Waals surface area contributed by atoms with Crippen LogP contribution in [0.1, 0.15) is 28.7 Å². The van der Waals surface area contributed by atoms with Gasteiger partial charge < -0.3 is 4.57 Å². The summed E-state index contributed by atoms with van der Waals surface area (Å²) in [7, 11) is 0. The van der Waals surface area contributed by atoms with Crippen LogP contribution < -0.4 is 10.9 Å². The third kappa shape index (κ3) is 3.70. The van der Waals surface area contributed by atoms with Crippen LogP contribution in [0.15, 0.2) is 42.5 Å². The number of hydrogen-bond acceptors (Lipinski definition) is 3. The molecule has 6 nitrogen and oxygen atoms in total. The van der Waals surface area contributed by atoms with Gasteiger partial charge in [0.15, 0.2) is 0 Å². The highest BCUT2D eigenvalue weighted by atomic mass is 35.5. The molecular weight excluding hydrogens is 352 g/mol. The maximum Gasteiger partial charge on any atom is 0.269 e. The van der Waals surface area contributed by atoms with Gasteiger partial charge in [0.1, 0.15) is 5.82 Å². The summed E-state index contributed by atoms with van der Waals surface area (Å²) in [5.74, 6) is 0.148. The van der Waals surface area contributed by atoms with Gasteiger partial charge in [-0.1, -0.05) is 29.8 Å². The Morgan fingerprint density at radius 3 is 2.65 bits per heavy atom. The van der Waals surface area contributed by atoms with Crippen LogP contribution in [0.5, 0.6) is 0 Å². The summed E-state index contributed by atoms with van der Waals surface area (Å²) in [4.78, 5) is 28.8. The molecule has 2 aromatic carbocycles. The lowest BCUT2D eigenvalue weighted by Crippen LogP contribution is -2.42. The molecular formula is C19H19ClN4O2. The summed E-state index contributed by atoms with van der Waals surface area (Å²) < 4.78 is 2.07. The molecule has 2 amide bonds. The zero-order chi connectivity index (χ0) is 18.7. The number of hydrazine groups is 1. The predicted octanol–water partition coefficient (Wildman–Crippen LogP) is 3.02. The van der Waals surface area contributed by atoms with E-state index in [0.29, 0.717) is 16.1 Å². The number of nitrogens with zero attached hydrogens (tertiary/aromatic N) is 2. The molecule has 0 bridgehead atoms. The molecule has 3 rings (SSSR count). The molecule has 0 radical (unpaired) electrons. The fourth-order valence-corrected chi connectivity index (χ4v) is 3.05. The van der Waals surface area contributed by atoms with Gasteiger partial charge in [-0.3, -0.25) is 20.4 Å². The van der Waals surface area contributed by atoms with Crippen molar-refractivity contribution in [3.63, 3.8) is 0 Å². The standard InChI is InChI=1S/C19H19ClN4O2/c1-3-24-12(2)21-16-10-14(8-9-17(16)24)19(26)23-22-18(25)11-13-6-4-5-7-15(13)20/h4-10H,3,11H2,1-2H3,(H,22,25)(H,23,26). The smallest absolute Gasteiger partial charge is 0.269 e. The Balaban J connectivity index is 1.65. The molecule has 0 unspecified atom stereocenters. The Morgan fingerprint density at radius 1 is 1.15 bits per heavy atom. The second-order valence-electron chi connectivity index (χ2n) is 5.88. The summed E-state index contributed by atoms with van der Waals surface area (Å²) in [5, 5.41) is 0.515. The van der Waals surface area contributed by atoms with Crippen molar-refractivity contribution in [2.24, 2.45) is 0 Å². The van der Waals surface area contributed by atoms with Crippen molar-refractivity contribution in [3.05, 3.63) is 64.4 Å². The Bertz CT molecular complexity index is 981. The fraction of sp³-hybridized carbons (Fsp3) is 0.211. The van der Waals surface area contributed by atoms with Gasteiger partial charge in [-0.2, -0.15) is 0 Å². The number of rotatable bonds is 4. The first-order valence-electron chi connectivity index (χ1n) is 8.29. The van der Waals surface area contributed by atoms with Crippen LogP contribution in [0.25, 0.3) is 11.0 Å². The first kappa shape index (κ1) is 17.9. The molecule has 0 aliphatic rings. The Labute approximate surface area is 156 Å². The Morgan fingerprint density at radius 2 is 1.92 bits per heavy atom. The molecule has 134 valence electrons. The van der Waals surface area contributed by atoms with Crippen molar-refractivity contribution < 1.29 is 9.59 Å². The van der Waals surface area contributed by atoms with Crippen LogP contribution in [0.3, 0.4) is 0 Å². The van der Waals surface area contributed by atoms with E-state index in [2.05, 4.69) is 20.4 Å². The number of fused-ring (bicyclic) bond motifs is 1. The lowest BCUT2D eigenvalue weighted by atomic mass is 10.1. The number of halogens is 1. The number of amides is 2. The highest BCUT2D eigenvalue weighted by molar-refractivity contribution is 6.31. The lowest BCUT2D eigenvalue weighted by Gasteiger charge is -2.08. The largest absolute Gasteiger partial charge is 0.329 e. The van der Waals surface area contributed by atoms with Gasteiger partial charge in [-0.25, -0.2) is 4.98 Å². The molecule has 0 fully saturated rings. The second kappa shape index (κ2) is 7.58. The maximum atomic E-state index is 12.3. The summed E-state index contributed by atoms with van der Waals surface area (Å²) in [6, 6.07) is 12.4. The predicted molar refractivity (Wildman–Crippen MR) is 101 cm³/mol. The van der Waals surface area contributed by atoms with Crippen molar-refractivity contribution in [2.45, 2.75) is 26.8 Å². The van der Waals surface area contributed by atoms with E-state index >= 15 is 0 Å². The van der Waals surface area contributed by atoms with E-state index < -0.39 is 5.91 Å². The van der Waals surface area contributed by atoms with Gasteiger partial charge in [0.25, 0.3) is 5.91 Å². The minimum absolute atomic E-state index is 0.0824. The number of imidazole rings is 1. The summed E-state index contributed by atoms with van der Waals surface area (Å²) in [6.45, 7) is 4.79. The van der Waals surface area contributed by atoms with Gasteiger partial charge in [0.2, 0.25) is 5.91 Å². The van der Waals surface area contributed by atoms with Gasteiger partial charge in [-0.05, 0) is 43.7 Å². The first-order chi connectivity index (χ1) is 12.5. The van der Waals surface area contributed by atoms with E-state index in [9.17, 15) is 9.59 Å². The number of carbonyl (C=O) groups is 2. The van der Waals surface area contributed by atoms with Crippen LogP contribution in [-0.2, 0) is 17.8 Å². The van der Waals surface area contributed by atoms with Crippen LogP contribution in [0, 0.1) is 6.92 Å². The number of nitrogens with one attached hydrogen (secondary N) is 2. The first-order valence-corrected chi connectivity index (χ1v) is 8.67. The van der Waals surface area contributed by atoms with Crippen molar-refractivity contribution >= 4 is 34.4 Å². The average Bonchev–Trinajstić information content (AvgIpc) is 2.95. The molecule has 0 saturated carbocycles. The van der Waals surface area contributed by atoms with E-state index in [1.54, 1.807) is 36.4 Å². The Kier molecular flexibility index (Phi) is 5.23. The van der Waals surface area contributed by atoms with E-state index in [1.807, 2.05) is 19.9 Å². The normalized spacial score (nSPS) is 10.7. The monoisotopic (exact) mass is 370 g/mol. The SMILES string of the molecule is CCn1c(C)nc2cc(C(=O)NNC(=O)Cc3ccccc3Cl)ccc21. The van der Waals surface area contributed by atoms with Crippen molar-refractivity contribution in [1.29, 1.82) is 0 Å². The van der Waals surface area contributed by atoms with E-state index in [1.165, 1.54) is 0 Å². The van der Waals surface area contributed by atoms with Gasteiger partial charge in [0, 0.05) is 17.1 Å². The number of carbonyl (C=O) groups excluding carboxylic acids is 2. The second-order valence-corrected chi connectivity index (χ2v) is 6.28. The molecule has 2 N–H and O–H groups in total. The van der Waals surface area contributed by atoms with E-state index in [4.69, 9.17) is 11.6 Å². The quantitative estimate of drug-likeness (QED) is 0.693. The Hall–Kier alpha value is -2.86. The van der Waals surface area contributed by atoms with E-state index in [0.717, 1.165) is 23.4 Å². The highest BCUT2D eigenvalue weighted by Crippen LogP contribution is 2.18. The van der Waals surface area contributed by atoms with Gasteiger partial charge in [-0.15, -0.1) is 0 Å². The third-order valence-corrected chi connectivity index (χ3v) is 4.51. The molecule has 0 spiro atoms. The number of aromatic nitrogens is 2. The molecule has 0 atom stereocenters. The van der Waals surface area contributed by atoms with Crippen molar-refractivity contribution in [3.8, 4) is 0 Å². The van der Waals surface area contributed by atoms with Gasteiger partial charge in [0.05, 0.1) is 17.5 Å². The molecule has 0 aliphatic carbocycles. The van der Waals surface area contributed by atoms with Crippen LogP contribution in [-0.4, -0.2) is 21.4 Å². The minimum atomic E-state index is -0.400. The highest BCUT2D eigenvalue weighted by Gasteiger charge is 2.12. The molecule has 26 heavy (non-hydrogen) atoms. The van der Waals surface area contributed by atoms with Crippen molar-refractivity contribution in [1.82, 2.24) is 20.4 Å². The molecule has 0 saturated heterocycles. The fourth-order valence-electron chi connectivity index (χ4n) is 2.85. The zero-order valence-electron chi connectivity index (χ0n) is 14.5. The van der Waals surface area contributed by atoms with Gasteiger partial charge >= 0.3 is 0 Å². The number of aryl methyl sites for hydroxylation is 2. The maximum absolute atomic E-state index is 12.3. The average molecular weight is 371 g/mol. The minimum Gasteiger partial charge on any atom is -0.329 e. The van der Waals surface area contributed by atoms with Crippen LogP contribution in [0.2, 0.25) is 5.02 Å². The lowest BCUT2D eigenvalue weighted by molar-refractivity contribution is -0.121. The van der Waals surface area contributed by atoms with Crippen molar-refractivity contribution in [2.75, 3.05) is 0 Å². The molecule has 3 aromatic rings. The van der Waals surface area contributed by atoms with Crippen LogP contribution >= 0.6 is 11.6 Å².